The number of allylic oxidation sites excluding steroid dienone is 2. The van der Waals surface area contributed by atoms with Gasteiger partial charge in [0.25, 0.3) is 5.91 Å². The van der Waals surface area contributed by atoms with Gasteiger partial charge < -0.3 is 19.1 Å². The van der Waals surface area contributed by atoms with Gasteiger partial charge in [-0.25, -0.2) is 0 Å². The number of benzene rings is 1. The van der Waals surface area contributed by atoms with Gasteiger partial charge in [-0.05, 0) is 53.1 Å². The number of hydrogen-bond acceptors (Lipinski definition) is 5. The fourth-order valence-electron chi connectivity index (χ4n) is 4.63. The van der Waals surface area contributed by atoms with Crippen LogP contribution in [-0.4, -0.2) is 68.1 Å². The zero-order valence-corrected chi connectivity index (χ0v) is 19.8. The van der Waals surface area contributed by atoms with Crippen LogP contribution >= 0.6 is 8.58 Å². The average Bonchev–Trinajstić information content (AvgIpc) is 2.78. The highest BCUT2D eigenvalue weighted by atomic mass is 31.1. The monoisotopic (exact) mass is 452 g/mol. The Morgan fingerprint density at radius 2 is 1.94 bits per heavy atom. The fraction of sp³-hybridized carbons (Fsp3) is 0.400. The Balaban J connectivity index is 1.37. The molecule has 0 spiro atoms. The van der Waals surface area contributed by atoms with Gasteiger partial charge in [-0.15, -0.1) is 0 Å². The summed E-state index contributed by atoms with van der Waals surface area (Å²) in [6.07, 6.45) is 9.43. The highest BCUT2D eigenvalue weighted by Gasteiger charge is 2.33. The van der Waals surface area contributed by atoms with Crippen LogP contribution in [0.1, 0.15) is 18.9 Å². The summed E-state index contributed by atoms with van der Waals surface area (Å²) in [7, 11) is 3.73. The quantitative estimate of drug-likeness (QED) is 0.637. The summed E-state index contributed by atoms with van der Waals surface area (Å²) in [5, 5.41) is 1.05. The van der Waals surface area contributed by atoms with Crippen molar-refractivity contribution in [1.29, 1.82) is 0 Å². The summed E-state index contributed by atoms with van der Waals surface area (Å²) in [6.45, 7) is 5.85. The number of carbonyl (C=O) groups is 1. The number of rotatable bonds is 5. The number of nitrogens with zero attached hydrogens (tertiary/aromatic N) is 2. The lowest BCUT2D eigenvalue weighted by molar-refractivity contribution is -0.123. The minimum absolute atomic E-state index is 0.0353. The maximum Gasteiger partial charge on any atom is 0.252 e. The van der Waals surface area contributed by atoms with Crippen LogP contribution in [-0.2, 0) is 9.53 Å². The molecule has 1 aromatic carbocycles. The van der Waals surface area contributed by atoms with E-state index in [9.17, 15) is 4.79 Å². The van der Waals surface area contributed by atoms with Crippen molar-refractivity contribution in [3.63, 3.8) is 0 Å². The van der Waals surface area contributed by atoms with E-state index in [4.69, 9.17) is 14.2 Å². The molecule has 0 bridgehead atoms. The summed E-state index contributed by atoms with van der Waals surface area (Å²) in [6, 6.07) is 6.42. The van der Waals surface area contributed by atoms with E-state index < -0.39 is 0 Å². The average molecular weight is 452 g/mol. The molecular formula is C25H29N2O4P. The van der Waals surface area contributed by atoms with Gasteiger partial charge >= 0.3 is 0 Å². The van der Waals surface area contributed by atoms with E-state index in [1.54, 1.807) is 20.3 Å². The van der Waals surface area contributed by atoms with Gasteiger partial charge in [-0.2, -0.15) is 0 Å². The van der Waals surface area contributed by atoms with Crippen LogP contribution in [0.15, 0.2) is 59.3 Å². The molecule has 1 amide bonds. The van der Waals surface area contributed by atoms with Gasteiger partial charge in [-0.3, -0.25) is 9.69 Å². The standard InChI is InChI=1S/C25H29N2O4P/c1-16-10-19(17-6-8-26(9-7-17)20-14-31-15-20)13-27-24(28)12-23(32-25(16)27)18-4-5-21(29-2)22(11-18)30-3/h4-6,10-13,20,25,32H,7-9,14-15H2,1-3H3. The van der Waals surface area contributed by atoms with E-state index in [2.05, 4.69) is 30.2 Å². The normalized spacial score (nSPS) is 24.8. The van der Waals surface area contributed by atoms with Gasteiger partial charge in [-0.1, -0.05) is 26.8 Å². The van der Waals surface area contributed by atoms with Crippen molar-refractivity contribution in [3.8, 4) is 11.5 Å². The van der Waals surface area contributed by atoms with Crippen LogP contribution in [0.25, 0.3) is 5.31 Å². The molecule has 2 atom stereocenters. The van der Waals surface area contributed by atoms with Crippen molar-refractivity contribution in [1.82, 2.24) is 9.80 Å². The lowest BCUT2D eigenvalue weighted by Crippen LogP contribution is -2.50. The van der Waals surface area contributed by atoms with Crippen molar-refractivity contribution < 1.29 is 19.0 Å². The second kappa shape index (κ2) is 8.86. The molecule has 0 aromatic heterocycles. The highest BCUT2D eigenvalue weighted by molar-refractivity contribution is 7.51. The third kappa shape index (κ3) is 3.92. The van der Waals surface area contributed by atoms with E-state index in [1.807, 2.05) is 23.1 Å². The van der Waals surface area contributed by atoms with E-state index >= 15 is 0 Å². The maximum atomic E-state index is 13.1. The molecule has 0 saturated carbocycles. The molecule has 4 heterocycles. The molecule has 1 saturated heterocycles. The lowest BCUT2D eigenvalue weighted by Gasteiger charge is -2.40. The number of amides is 1. The summed E-state index contributed by atoms with van der Waals surface area (Å²) in [4.78, 5) is 17.5. The fourth-order valence-corrected chi connectivity index (χ4v) is 6.10. The van der Waals surface area contributed by atoms with Crippen LogP contribution in [0.5, 0.6) is 11.5 Å². The molecule has 0 N–H and O–H groups in total. The van der Waals surface area contributed by atoms with Gasteiger partial charge in [0.15, 0.2) is 11.5 Å². The second-order valence-corrected chi connectivity index (χ2v) is 9.93. The van der Waals surface area contributed by atoms with Gasteiger partial charge in [0.05, 0.1) is 39.3 Å². The zero-order valence-electron chi connectivity index (χ0n) is 18.8. The van der Waals surface area contributed by atoms with Crippen molar-refractivity contribution in [2.45, 2.75) is 25.2 Å². The Kier molecular flexibility index (Phi) is 5.93. The molecule has 1 aromatic rings. The van der Waals surface area contributed by atoms with Crippen molar-refractivity contribution >= 4 is 19.8 Å². The van der Waals surface area contributed by atoms with E-state index in [-0.39, 0.29) is 11.7 Å². The Hall–Kier alpha value is -2.40. The van der Waals surface area contributed by atoms with Crippen molar-refractivity contribution in [3.05, 3.63) is 64.9 Å². The zero-order chi connectivity index (χ0) is 22.2. The molecular weight excluding hydrogens is 423 g/mol. The van der Waals surface area contributed by atoms with Crippen LogP contribution in [0.4, 0.5) is 0 Å². The van der Waals surface area contributed by atoms with Crippen molar-refractivity contribution in [2.75, 3.05) is 40.5 Å². The van der Waals surface area contributed by atoms with Gasteiger partial charge in [0.2, 0.25) is 0 Å². The molecule has 32 heavy (non-hydrogen) atoms. The Labute approximate surface area is 191 Å². The van der Waals surface area contributed by atoms with Gasteiger partial charge in [0.1, 0.15) is 0 Å². The summed E-state index contributed by atoms with van der Waals surface area (Å²) < 4.78 is 16.1. The Morgan fingerprint density at radius 1 is 1.12 bits per heavy atom. The highest BCUT2D eigenvalue weighted by Crippen LogP contribution is 2.48. The van der Waals surface area contributed by atoms with Crippen LogP contribution in [0, 0.1) is 0 Å². The molecule has 7 heteroatoms. The lowest BCUT2D eigenvalue weighted by atomic mass is 9.95. The molecule has 6 nitrogen and oxygen atoms in total. The number of ether oxygens (including phenoxy) is 3. The smallest absolute Gasteiger partial charge is 0.252 e. The first-order chi connectivity index (χ1) is 15.6. The van der Waals surface area contributed by atoms with E-state index in [1.165, 1.54) is 16.7 Å². The minimum atomic E-state index is 0.0353. The Morgan fingerprint density at radius 3 is 2.59 bits per heavy atom. The number of fused-ring (bicyclic) bond motifs is 1. The minimum Gasteiger partial charge on any atom is -0.493 e. The topological polar surface area (TPSA) is 51.2 Å². The summed E-state index contributed by atoms with van der Waals surface area (Å²) in [5.74, 6) is 1.48. The second-order valence-electron chi connectivity index (χ2n) is 8.56. The number of methoxy groups -OCH3 is 2. The molecule has 0 aliphatic carbocycles. The molecule has 1 fully saturated rings. The first kappa shape index (κ1) is 21.4. The maximum absolute atomic E-state index is 13.1. The molecule has 4 aliphatic rings. The third-order valence-corrected chi connectivity index (χ3v) is 8.38. The first-order valence-corrected chi connectivity index (χ1v) is 12.1. The molecule has 2 unspecified atom stereocenters. The predicted octanol–water partition coefficient (Wildman–Crippen LogP) is 3.77. The largest absolute Gasteiger partial charge is 0.493 e. The van der Waals surface area contributed by atoms with Crippen LogP contribution in [0.2, 0.25) is 0 Å². The molecule has 5 rings (SSSR count). The van der Waals surface area contributed by atoms with E-state index in [0.717, 1.165) is 43.6 Å². The third-order valence-electron chi connectivity index (χ3n) is 6.63. The van der Waals surface area contributed by atoms with Crippen LogP contribution in [0.3, 0.4) is 0 Å². The molecule has 168 valence electrons. The molecule has 0 radical (unpaired) electrons. The van der Waals surface area contributed by atoms with E-state index in [0.29, 0.717) is 26.1 Å². The predicted molar refractivity (Wildman–Crippen MR) is 127 cm³/mol. The number of hydrogen-bond donors (Lipinski definition) is 0. The van der Waals surface area contributed by atoms with Crippen LogP contribution < -0.4 is 9.47 Å². The SMILES string of the molecule is COc1ccc(C2=CC(=O)N3C=C(C4=CCN(C5COC5)CC4)C=C(C)C3P2)cc1OC. The number of carbonyl (C=O) groups excluding carboxylic acids is 1. The summed E-state index contributed by atoms with van der Waals surface area (Å²) >= 11 is 0. The molecule has 4 aliphatic heterocycles. The Bertz CT molecular complexity index is 1050. The van der Waals surface area contributed by atoms with Crippen molar-refractivity contribution in [2.24, 2.45) is 0 Å². The van der Waals surface area contributed by atoms with Gasteiger partial charge in [0, 0.05) is 25.4 Å². The first-order valence-electron chi connectivity index (χ1n) is 11.0. The summed E-state index contributed by atoms with van der Waals surface area (Å²) in [5.41, 5.74) is 4.75.